The standard InChI is InChI=1S/C17H18ClNO3/c1-21-14-7-8-16(22-2)15(11-14)19-17(20)9-6-12-4-3-5-13(18)10-12/h3-5,7-8,10-11H,6,9H2,1-2H3,(H,19,20). The van der Waals surface area contributed by atoms with E-state index in [0.717, 1.165) is 5.56 Å². The number of aryl methyl sites for hydroxylation is 1. The number of halogens is 1. The van der Waals surface area contributed by atoms with E-state index in [2.05, 4.69) is 5.32 Å². The van der Waals surface area contributed by atoms with Gasteiger partial charge in [-0.3, -0.25) is 4.79 Å². The van der Waals surface area contributed by atoms with Crippen LogP contribution in [0.3, 0.4) is 0 Å². The van der Waals surface area contributed by atoms with Gasteiger partial charge in [0.05, 0.1) is 19.9 Å². The van der Waals surface area contributed by atoms with Crippen molar-refractivity contribution in [3.8, 4) is 11.5 Å². The molecule has 0 aliphatic heterocycles. The number of anilines is 1. The summed E-state index contributed by atoms with van der Waals surface area (Å²) in [7, 11) is 3.13. The highest BCUT2D eigenvalue weighted by molar-refractivity contribution is 6.30. The lowest BCUT2D eigenvalue weighted by Crippen LogP contribution is -2.13. The van der Waals surface area contributed by atoms with Crippen LogP contribution < -0.4 is 14.8 Å². The minimum absolute atomic E-state index is 0.0912. The van der Waals surface area contributed by atoms with Crippen molar-refractivity contribution in [3.63, 3.8) is 0 Å². The van der Waals surface area contributed by atoms with Crippen molar-refractivity contribution in [2.45, 2.75) is 12.8 Å². The number of nitrogens with one attached hydrogen (secondary N) is 1. The lowest BCUT2D eigenvalue weighted by atomic mass is 10.1. The topological polar surface area (TPSA) is 47.6 Å². The number of rotatable bonds is 6. The van der Waals surface area contributed by atoms with Crippen LogP contribution >= 0.6 is 11.6 Å². The van der Waals surface area contributed by atoms with Gasteiger partial charge in [-0.1, -0.05) is 23.7 Å². The first-order valence-electron chi connectivity index (χ1n) is 6.88. The van der Waals surface area contributed by atoms with Gasteiger partial charge in [0.2, 0.25) is 5.91 Å². The molecule has 0 aromatic heterocycles. The third kappa shape index (κ3) is 4.40. The molecule has 0 bridgehead atoms. The zero-order valence-electron chi connectivity index (χ0n) is 12.6. The Morgan fingerprint density at radius 2 is 1.95 bits per heavy atom. The van der Waals surface area contributed by atoms with Gasteiger partial charge in [-0.25, -0.2) is 0 Å². The van der Waals surface area contributed by atoms with Gasteiger partial charge in [-0.05, 0) is 36.2 Å². The molecule has 0 spiro atoms. The van der Waals surface area contributed by atoms with Crippen LogP contribution in [0.25, 0.3) is 0 Å². The monoisotopic (exact) mass is 319 g/mol. The summed E-state index contributed by atoms with van der Waals surface area (Å²) in [6, 6.07) is 12.8. The average molecular weight is 320 g/mol. The second kappa shape index (κ2) is 7.71. The molecule has 1 N–H and O–H groups in total. The summed E-state index contributed by atoms with van der Waals surface area (Å²) in [4.78, 5) is 12.1. The number of amides is 1. The largest absolute Gasteiger partial charge is 0.497 e. The highest BCUT2D eigenvalue weighted by atomic mass is 35.5. The van der Waals surface area contributed by atoms with Crippen molar-refractivity contribution in [3.05, 3.63) is 53.1 Å². The van der Waals surface area contributed by atoms with E-state index in [-0.39, 0.29) is 5.91 Å². The lowest BCUT2D eigenvalue weighted by Gasteiger charge is -2.11. The summed E-state index contributed by atoms with van der Waals surface area (Å²) in [6.07, 6.45) is 0.985. The summed E-state index contributed by atoms with van der Waals surface area (Å²) in [5.74, 6) is 1.16. The normalized spacial score (nSPS) is 10.1. The number of hydrogen-bond donors (Lipinski definition) is 1. The third-order valence-corrected chi connectivity index (χ3v) is 3.45. The van der Waals surface area contributed by atoms with Crippen molar-refractivity contribution in [2.24, 2.45) is 0 Å². The summed E-state index contributed by atoms with van der Waals surface area (Å²) < 4.78 is 10.4. The van der Waals surface area contributed by atoms with Crippen LogP contribution in [-0.4, -0.2) is 20.1 Å². The molecule has 22 heavy (non-hydrogen) atoms. The molecular weight excluding hydrogens is 302 g/mol. The zero-order valence-corrected chi connectivity index (χ0v) is 13.3. The second-order valence-corrected chi connectivity index (χ2v) is 5.18. The lowest BCUT2D eigenvalue weighted by molar-refractivity contribution is -0.116. The van der Waals surface area contributed by atoms with Gasteiger partial charge in [-0.15, -0.1) is 0 Å². The van der Waals surface area contributed by atoms with Gasteiger partial charge in [0, 0.05) is 17.5 Å². The first-order valence-corrected chi connectivity index (χ1v) is 7.26. The second-order valence-electron chi connectivity index (χ2n) is 4.74. The number of benzene rings is 2. The van der Waals surface area contributed by atoms with Gasteiger partial charge in [-0.2, -0.15) is 0 Å². The molecule has 0 saturated heterocycles. The first kappa shape index (κ1) is 16.2. The fourth-order valence-corrected chi connectivity index (χ4v) is 2.29. The van der Waals surface area contributed by atoms with E-state index in [0.29, 0.717) is 35.1 Å². The molecule has 116 valence electrons. The maximum atomic E-state index is 12.1. The summed E-state index contributed by atoms with van der Waals surface area (Å²) in [6.45, 7) is 0. The molecule has 0 unspecified atom stereocenters. The minimum Gasteiger partial charge on any atom is -0.497 e. The van der Waals surface area contributed by atoms with E-state index < -0.39 is 0 Å². The fourth-order valence-electron chi connectivity index (χ4n) is 2.07. The first-order chi connectivity index (χ1) is 10.6. The maximum Gasteiger partial charge on any atom is 0.224 e. The molecule has 2 aromatic rings. The summed E-state index contributed by atoms with van der Waals surface area (Å²) >= 11 is 5.93. The van der Waals surface area contributed by atoms with Crippen LogP contribution in [0.2, 0.25) is 5.02 Å². The highest BCUT2D eigenvalue weighted by Crippen LogP contribution is 2.29. The van der Waals surface area contributed by atoms with E-state index >= 15 is 0 Å². The Kier molecular flexibility index (Phi) is 5.67. The van der Waals surface area contributed by atoms with E-state index in [1.807, 2.05) is 24.3 Å². The predicted molar refractivity (Wildman–Crippen MR) is 87.9 cm³/mol. The molecule has 4 nitrogen and oxygen atoms in total. The van der Waals surface area contributed by atoms with Crippen molar-refractivity contribution in [1.82, 2.24) is 0 Å². The van der Waals surface area contributed by atoms with Crippen LogP contribution in [0, 0.1) is 0 Å². The predicted octanol–water partition coefficient (Wildman–Crippen LogP) is 3.93. The van der Waals surface area contributed by atoms with Crippen molar-refractivity contribution >= 4 is 23.2 Å². The van der Waals surface area contributed by atoms with Crippen molar-refractivity contribution in [2.75, 3.05) is 19.5 Å². The summed E-state index contributed by atoms with van der Waals surface area (Å²) in [5.41, 5.74) is 1.62. The van der Waals surface area contributed by atoms with E-state index in [1.54, 1.807) is 32.4 Å². The fraction of sp³-hybridized carbons (Fsp3) is 0.235. The highest BCUT2D eigenvalue weighted by Gasteiger charge is 2.09. The molecule has 2 aromatic carbocycles. The summed E-state index contributed by atoms with van der Waals surface area (Å²) in [5, 5.41) is 3.52. The SMILES string of the molecule is COc1ccc(OC)c(NC(=O)CCc2cccc(Cl)c2)c1. The van der Waals surface area contributed by atoms with Gasteiger partial charge >= 0.3 is 0 Å². The molecule has 0 radical (unpaired) electrons. The van der Waals surface area contributed by atoms with Gasteiger partial charge in [0.1, 0.15) is 11.5 Å². The molecule has 0 aliphatic carbocycles. The molecule has 1 amide bonds. The zero-order chi connectivity index (χ0) is 15.9. The average Bonchev–Trinajstić information content (AvgIpc) is 2.53. The number of methoxy groups -OCH3 is 2. The number of ether oxygens (including phenoxy) is 2. The number of hydrogen-bond acceptors (Lipinski definition) is 3. The molecule has 0 aliphatic rings. The Balaban J connectivity index is 1.99. The molecule has 0 saturated carbocycles. The molecule has 0 atom stereocenters. The van der Waals surface area contributed by atoms with Crippen LogP contribution in [0.5, 0.6) is 11.5 Å². The van der Waals surface area contributed by atoms with Crippen LogP contribution in [0.4, 0.5) is 5.69 Å². The Bertz CT molecular complexity index is 658. The van der Waals surface area contributed by atoms with Crippen LogP contribution in [0.1, 0.15) is 12.0 Å². The molecule has 0 heterocycles. The van der Waals surface area contributed by atoms with Gasteiger partial charge < -0.3 is 14.8 Å². The third-order valence-electron chi connectivity index (χ3n) is 3.21. The Morgan fingerprint density at radius 1 is 1.14 bits per heavy atom. The smallest absolute Gasteiger partial charge is 0.224 e. The molecule has 5 heteroatoms. The number of carbonyl (C=O) groups is 1. The van der Waals surface area contributed by atoms with Crippen LogP contribution in [0.15, 0.2) is 42.5 Å². The van der Waals surface area contributed by atoms with E-state index in [4.69, 9.17) is 21.1 Å². The molecule has 2 rings (SSSR count). The van der Waals surface area contributed by atoms with Crippen LogP contribution in [-0.2, 0) is 11.2 Å². The van der Waals surface area contributed by atoms with E-state index in [1.165, 1.54) is 0 Å². The maximum absolute atomic E-state index is 12.1. The Hall–Kier alpha value is -2.20. The minimum atomic E-state index is -0.0912. The number of carbonyl (C=O) groups excluding carboxylic acids is 1. The van der Waals surface area contributed by atoms with Crippen molar-refractivity contribution in [1.29, 1.82) is 0 Å². The Morgan fingerprint density at radius 3 is 2.64 bits per heavy atom. The molecular formula is C17H18ClNO3. The van der Waals surface area contributed by atoms with Gasteiger partial charge in [0.25, 0.3) is 0 Å². The molecule has 0 fully saturated rings. The van der Waals surface area contributed by atoms with Crippen molar-refractivity contribution < 1.29 is 14.3 Å². The quantitative estimate of drug-likeness (QED) is 0.877. The Labute approximate surface area is 135 Å². The van der Waals surface area contributed by atoms with E-state index in [9.17, 15) is 4.79 Å². The van der Waals surface area contributed by atoms with Gasteiger partial charge in [0.15, 0.2) is 0 Å².